The summed E-state index contributed by atoms with van der Waals surface area (Å²) >= 11 is 0. The van der Waals surface area contributed by atoms with E-state index in [1.807, 2.05) is 24.7 Å². The summed E-state index contributed by atoms with van der Waals surface area (Å²) in [5.74, 6) is -0.955. The molecule has 0 amide bonds. The normalized spacial score (nSPS) is 17.6. The van der Waals surface area contributed by atoms with Crippen molar-refractivity contribution in [2.24, 2.45) is 0 Å². The molecule has 1 aliphatic heterocycles. The number of cyclic esters (lactones) is 2. The minimum atomic E-state index is -0.440. The molecule has 1 fully saturated rings. The molecule has 1 aromatic heterocycles. The summed E-state index contributed by atoms with van der Waals surface area (Å²) in [5.41, 5.74) is 1.86. The summed E-state index contributed by atoms with van der Waals surface area (Å²) in [7, 11) is 0. The number of rotatable bonds is 2. The fraction of sp³-hybridized carbons (Fsp3) is 0.545. The van der Waals surface area contributed by atoms with Crippen molar-refractivity contribution in [1.82, 2.24) is 9.78 Å². The smallest absolute Gasteiger partial charge is 0.314 e. The Morgan fingerprint density at radius 2 is 2.06 bits per heavy atom. The number of carbonyl (C=O) groups is 2. The number of carbonyl (C=O) groups excluding carboxylic acids is 2. The van der Waals surface area contributed by atoms with Gasteiger partial charge in [-0.15, -0.1) is 0 Å². The molecule has 16 heavy (non-hydrogen) atoms. The third-order valence-electron chi connectivity index (χ3n) is 2.80. The van der Waals surface area contributed by atoms with Crippen molar-refractivity contribution in [1.29, 1.82) is 0 Å². The van der Waals surface area contributed by atoms with E-state index in [-0.39, 0.29) is 18.8 Å². The van der Waals surface area contributed by atoms with Crippen molar-refractivity contribution in [2.45, 2.75) is 39.2 Å². The predicted octanol–water partition coefficient (Wildman–Crippen LogP) is 1.16. The molecule has 86 valence electrons. The van der Waals surface area contributed by atoms with Gasteiger partial charge in [0.15, 0.2) is 0 Å². The first-order valence-corrected chi connectivity index (χ1v) is 5.37. The highest BCUT2D eigenvalue weighted by atomic mass is 16.6. The van der Waals surface area contributed by atoms with Crippen LogP contribution < -0.4 is 0 Å². The molecular formula is C11H14N2O3. The van der Waals surface area contributed by atoms with Gasteiger partial charge in [-0.05, 0) is 19.4 Å². The molecule has 2 rings (SSSR count). The molecule has 5 heteroatoms. The quantitative estimate of drug-likeness (QED) is 0.556. The lowest BCUT2D eigenvalue weighted by atomic mass is 9.92. The molecule has 0 aliphatic carbocycles. The lowest BCUT2D eigenvalue weighted by molar-refractivity contribution is -0.163. The van der Waals surface area contributed by atoms with Crippen LogP contribution in [0.5, 0.6) is 0 Å². The van der Waals surface area contributed by atoms with Crippen molar-refractivity contribution in [3.8, 4) is 0 Å². The van der Waals surface area contributed by atoms with E-state index < -0.39 is 11.9 Å². The Labute approximate surface area is 93.4 Å². The molecule has 5 nitrogen and oxygen atoms in total. The Morgan fingerprint density at radius 3 is 2.56 bits per heavy atom. The Hall–Kier alpha value is -1.65. The minimum absolute atomic E-state index is 0.0750. The van der Waals surface area contributed by atoms with Gasteiger partial charge >= 0.3 is 11.9 Å². The van der Waals surface area contributed by atoms with Gasteiger partial charge in [0.2, 0.25) is 0 Å². The number of esters is 2. The SMILES string of the molecule is CCn1cc(C2CC(=O)OC(=O)C2)c(C)n1. The monoisotopic (exact) mass is 222 g/mol. The second kappa shape index (κ2) is 4.08. The fourth-order valence-corrected chi connectivity index (χ4v) is 2.00. The number of hydrogen-bond donors (Lipinski definition) is 0. The van der Waals surface area contributed by atoms with Crippen LogP contribution in [0, 0.1) is 6.92 Å². The summed E-state index contributed by atoms with van der Waals surface area (Å²) < 4.78 is 6.32. The van der Waals surface area contributed by atoms with Gasteiger partial charge in [-0.25, -0.2) is 0 Å². The van der Waals surface area contributed by atoms with Crippen molar-refractivity contribution >= 4 is 11.9 Å². The van der Waals surface area contributed by atoms with Crippen LogP contribution in [0.1, 0.15) is 36.9 Å². The molecule has 0 unspecified atom stereocenters. The Morgan fingerprint density at radius 1 is 1.44 bits per heavy atom. The van der Waals surface area contributed by atoms with Crippen molar-refractivity contribution in [3.05, 3.63) is 17.5 Å². The van der Waals surface area contributed by atoms with Gasteiger partial charge in [0.05, 0.1) is 18.5 Å². The van der Waals surface area contributed by atoms with E-state index in [4.69, 9.17) is 0 Å². The minimum Gasteiger partial charge on any atom is -0.393 e. The zero-order valence-corrected chi connectivity index (χ0v) is 9.40. The molecular weight excluding hydrogens is 208 g/mol. The van der Waals surface area contributed by atoms with Crippen LogP contribution in [-0.2, 0) is 20.9 Å². The second-order valence-corrected chi connectivity index (χ2v) is 3.98. The molecule has 0 N–H and O–H groups in total. The predicted molar refractivity (Wildman–Crippen MR) is 55.7 cm³/mol. The zero-order valence-electron chi connectivity index (χ0n) is 9.40. The Bertz CT molecular complexity index is 420. The first-order chi connectivity index (χ1) is 7.60. The molecule has 0 radical (unpaired) electrons. The molecule has 0 aromatic carbocycles. The van der Waals surface area contributed by atoms with E-state index in [1.165, 1.54) is 0 Å². The highest BCUT2D eigenvalue weighted by molar-refractivity contribution is 5.89. The van der Waals surface area contributed by atoms with Crippen LogP contribution in [0.4, 0.5) is 0 Å². The summed E-state index contributed by atoms with van der Waals surface area (Å²) in [6.45, 7) is 4.67. The number of aromatic nitrogens is 2. The van der Waals surface area contributed by atoms with Crippen LogP contribution >= 0.6 is 0 Å². The molecule has 1 saturated heterocycles. The maximum Gasteiger partial charge on any atom is 0.314 e. The summed E-state index contributed by atoms with van der Waals surface area (Å²) in [4.78, 5) is 22.3. The van der Waals surface area contributed by atoms with Gasteiger partial charge in [0.25, 0.3) is 0 Å². The van der Waals surface area contributed by atoms with E-state index in [0.29, 0.717) is 0 Å². The molecule has 0 saturated carbocycles. The average molecular weight is 222 g/mol. The number of aryl methyl sites for hydroxylation is 2. The zero-order chi connectivity index (χ0) is 11.7. The molecule has 0 spiro atoms. The highest BCUT2D eigenvalue weighted by Crippen LogP contribution is 2.29. The van der Waals surface area contributed by atoms with Crippen LogP contribution in [0.2, 0.25) is 0 Å². The third kappa shape index (κ3) is 1.98. The van der Waals surface area contributed by atoms with E-state index >= 15 is 0 Å². The van der Waals surface area contributed by atoms with Crippen molar-refractivity contribution in [2.75, 3.05) is 0 Å². The lowest BCUT2D eigenvalue weighted by Crippen LogP contribution is -2.24. The van der Waals surface area contributed by atoms with Gasteiger partial charge in [-0.2, -0.15) is 5.10 Å². The maximum absolute atomic E-state index is 11.2. The average Bonchev–Trinajstić information content (AvgIpc) is 2.58. The molecule has 0 atom stereocenters. The maximum atomic E-state index is 11.2. The van der Waals surface area contributed by atoms with Gasteiger partial charge in [0.1, 0.15) is 0 Å². The topological polar surface area (TPSA) is 61.2 Å². The van der Waals surface area contributed by atoms with Gasteiger partial charge in [-0.3, -0.25) is 14.3 Å². The van der Waals surface area contributed by atoms with Crippen LogP contribution in [-0.4, -0.2) is 21.7 Å². The first kappa shape index (κ1) is 10.9. The van der Waals surface area contributed by atoms with E-state index in [2.05, 4.69) is 9.84 Å². The molecule has 2 heterocycles. The van der Waals surface area contributed by atoms with Gasteiger partial charge in [0, 0.05) is 18.7 Å². The van der Waals surface area contributed by atoms with E-state index in [1.54, 1.807) is 0 Å². The standard InChI is InChI=1S/C11H14N2O3/c1-3-13-6-9(7(2)12-13)8-4-10(14)16-11(15)5-8/h6,8H,3-5H2,1-2H3. The summed E-state index contributed by atoms with van der Waals surface area (Å²) in [6.07, 6.45) is 2.44. The number of nitrogens with zero attached hydrogens (tertiary/aromatic N) is 2. The lowest BCUT2D eigenvalue weighted by Gasteiger charge is -2.18. The fourth-order valence-electron chi connectivity index (χ4n) is 2.00. The first-order valence-electron chi connectivity index (χ1n) is 5.37. The van der Waals surface area contributed by atoms with Crippen molar-refractivity contribution in [3.63, 3.8) is 0 Å². The van der Waals surface area contributed by atoms with Crippen LogP contribution in [0.3, 0.4) is 0 Å². The summed E-state index contributed by atoms with van der Waals surface area (Å²) in [5, 5.41) is 4.31. The third-order valence-corrected chi connectivity index (χ3v) is 2.80. The van der Waals surface area contributed by atoms with Crippen LogP contribution in [0.25, 0.3) is 0 Å². The number of hydrogen-bond acceptors (Lipinski definition) is 4. The second-order valence-electron chi connectivity index (χ2n) is 3.98. The number of ether oxygens (including phenoxy) is 1. The molecule has 1 aromatic rings. The Balaban J connectivity index is 2.25. The molecule has 1 aliphatic rings. The van der Waals surface area contributed by atoms with E-state index in [9.17, 15) is 9.59 Å². The largest absolute Gasteiger partial charge is 0.393 e. The van der Waals surface area contributed by atoms with E-state index in [0.717, 1.165) is 17.8 Å². The Kier molecular flexibility index (Phi) is 2.77. The highest BCUT2D eigenvalue weighted by Gasteiger charge is 2.30. The van der Waals surface area contributed by atoms with Crippen molar-refractivity contribution < 1.29 is 14.3 Å². The van der Waals surface area contributed by atoms with Gasteiger partial charge in [-0.1, -0.05) is 0 Å². The molecule has 0 bridgehead atoms. The van der Waals surface area contributed by atoms with Gasteiger partial charge < -0.3 is 4.74 Å². The van der Waals surface area contributed by atoms with Crippen LogP contribution in [0.15, 0.2) is 6.20 Å². The summed E-state index contributed by atoms with van der Waals surface area (Å²) in [6, 6.07) is 0.